The molecule has 1 nitrogen and oxygen atoms in total. The Morgan fingerprint density at radius 1 is 1.10 bits per heavy atom. The summed E-state index contributed by atoms with van der Waals surface area (Å²) >= 11 is 0. The van der Waals surface area contributed by atoms with Crippen molar-refractivity contribution in [1.29, 1.82) is 0 Å². The summed E-state index contributed by atoms with van der Waals surface area (Å²) in [5.41, 5.74) is 5.36. The van der Waals surface area contributed by atoms with Gasteiger partial charge in [0.2, 0.25) is 0 Å². The number of hydrogen-bond donors (Lipinski definition) is 1. The fourth-order valence-corrected chi connectivity index (χ4v) is 0.927. The van der Waals surface area contributed by atoms with Crippen LogP contribution in [0.15, 0.2) is 12.2 Å². The minimum Gasteiger partial charge on any atom is -0.330 e. The first-order valence-corrected chi connectivity index (χ1v) is 4.23. The molecule has 1 heteroatoms. The van der Waals surface area contributed by atoms with Gasteiger partial charge in [-0.3, -0.25) is 0 Å². The Hall–Kier alpha value is -0.300. The molecule has 0 spiro atoms. The molecule has 0 heterocycles. The van der Waals surface area contributed by atoms with Crippen molar-refractivity contribution in [2.45, 2.75) is 39.0 Å². The fourth-order valence-electron chi connectivity index (χ4n) is 0.927. The van der Waals surface area contributed by atoms with Crippen molar-refractivity contribution in [1.82, 2.24) is 0 Å². The molecular weight excluding hydrogens is 122 g/mol. The second-order valence-corrected chi connectivity index (χ2v) is 2.56. The predicted molar refractivity (Wildman–Crippen MR) is 47.0 cm³/mol. The first-order valence-electron chi connectivity index (χ1n) is 4.23. The lowest BCUT2D eigenvalue weighted by atomic mass is 10.1. The number of rotatable bonds is 6. The molecule has 0 unspecified atom stereocenters. The van der Waals surface area contributed by atoms with Crippen LogP contribution in [0, 0.1) is 0 Å². The lowest BCUT2D eigenvalue weighted by Crippen LogP contribution is -1.97. The van der Waals surface area contributed by atoms with Crippen LogP contribution in [-0.2, 0) is 0 Å². The first kappa shape index (κ1) is 9.70. The highest BCUT2D eigenvalue weighted by molar-refractivity contribution is 4.76. The maximum absolute atomic E-state index is 5.36. The highest BCUT2D eigenvalue weighted by Gasteiger charge is 1.85. The number of unbranched alkanes of at least 4 members (excludes halogenated alkanes) is 4. The van der Waals surface area contributed by atoms with E-state index in [-0.39, 0.29) is 0 Å². The van der Waals surface area contributed by atoms with Crippen molar-refractivity contribution in [3.8, 4) is 0 Å². The molecule has 0 bridgehead atoms. The Kier molecular flexibility index (Phi) is 8.44. The lowest BCUT2D eigenvalue weighted by molar-refractivity contribution is 0.652. The van der Waals surface area contributed by atoms with Gasteiger partial charge in [-0.15, -0.1) is 0 Å². The smallest absolute Gasteiger partial charge is 0.00773 e. The van der Waals surface area contributed by atoms with Gasteiger partial charge in [0, 0.05) is 0 Å². The Labute approximate surface area is 64.3 Å². The molecule has 10 heavy (non-hydrogen) atoms. The molecule has 0 amide bonds. The van der Waals surface area contributed by atoms with Crippen LogP contribution in [0.2, 0.25) is 0 Å². The van der Waals surface area contributed by atoms with Crippen LogP contribution in [0.5, 0.6) is 0 Å². The van der Waals surface area contributed by atoms with Gasteiger partial charge in [-0.2, -0.15) is 0 Å². The second kappa shape index (κ2) is 8.70. The largest absolute Gasteiger partial charge is 0.330 e. The van der Waals surface area contributed by atoms with Crippen molar-refractivity contribution in [2.24, 2.45) is 5.73 Å². The van der Waals surface area contributed by atoms with Crippen molar-refractivity contribution >= 4 is 0 Å². The van der Waals surface area contributed by atoms with Gasteiger partial charge in [0.1, 0.15) is 0 Å². The van der Waals surface area contributed by atoms with Crippen LogP contribution in [-0.4, -0.2) is 6.54 Å². The van der Waals surface area contributed by atoms with Gasteiger partial charge in [-0.1, -0.05) is 25.0 Å². The SMILES string of the molecule is C/C=C/CCCCCCN. The van der Waals surface area contributed by atoms with Gasteiger partial charge in [-0.05, 0) is 32.7 Å². The molecule has 0 radical (unpaired) electrons. The van der Waals surface area contributed by atoms with Crippen LogP contribution >= 0.6 is 0 Å². The summed E-state index contributed by atoms with van der Waals surface area (Å²) in [6.07, 6.45) is 10.7. The van der Waals surface area contributed by atoms with E-state index in [4.69, 9.17) is 5.73 Å². The molecule has 0 atom stereocenters. The van der Waals surface area contributed by atoms with E-state index in [0.717, 1.165) is 6.54 Å². The minimum atomic E-state index is 0.851. The second-order valence-electron chi connectivity index (χ2n) is 2.56. The van der Waals surface area contributed by atoms with Crippen molar-refractivity contribution in [2.75, 3.05) is 6.54 Å². The average Bonchev–Trinajstić information content (AvgIpc) is 1.97. The van der Waals surface area contributed by atoms with E-state index in [2.05, 4.69) is 19.1 Å². The van der Waals surface area contributed by atoms with Crippen LogP contribution in [0.25, 0.3) is 0 Å². The summed E-state index contributed by atoms with van der Waals surface area (Å²) in [7, 11) is 0. The Morgan fingerprint density at radius 2 is 1.80 bits per heavy atom. The molecular formula is C9H19N. The first-order chi connectivity index (χ1) is 4.91. The summed E-state index contributed by atoms with van der Waals surface area (Å²) in [4.78, 5) is 0. The normalized spacial score (nSPS) is 11.0. The molecule has 0 fully saturated rings. The van der Waals surface area contributed by atoms with E-state index in [1.54, 1.807) is 0 Å². The molecule has 0 aliphatic heterocycles. The van der Waals surface area contributed by atoms with E-state index in [1.807, 2.05) is 0 Å². The number of allylic oxidation sites excluding steroid dienone is 2. The van der Waals surface area contributed by atoms with Gasteiger partial charge in [0.15, 0.2) is 0 Å². The maximum atomic E-state index is 5.36. The molecule has 0 saturated heterocycles. The van der Waals surface area contributed by atoms with E-state index >= 15 is 0 Å². The zero-order valence-electron chi connectivity index (χ0n) is 6.97. The summed E-state index contributed by atoms with van der Waals surface area (Å²) in [5, 5.41) is 0. The quantitative estimate of drug-likeness (QED) is 0.446. The molecule has 0 aliphatic rings. The zero-order chi connectivity index (χ0) is 7.66. The molecule has 0 rings (SSSR count). The highest BCUT2D eigenvalue weighted by Crippen LogP contribution is 2.02. The molecule has 0 saturated carbocycles. The third-order valence-electron chi connectivity index (χ3n) is 1.56. The van der Waals surface area contributed by atoms with Crippen LogP contribution < -0.4 is 5.73 Å². The molecule has 60 valence electrons. The van der Waals surface area contributed by atoms with Gasteiger partial charge in [0.25, 0.3) is 0 Å². The monoisotopic (exact) mass is 141 g/mol. The third-order valence-corrected chi connectivity index (χ3v) is 1.56. The van der Waals surface area contributed by atoms with Crippen molar-refractivity contribution in [3.05, 3.63) is 12.2 Å². The standard InChI is InChI=1S/C9H19N/c1-2-3-4-5-6-7-8-9-10/h2-3H,4-10H2,1H3/b3-2+. The number of hydrogen-bond acceptors (Lipinski definition) is 1. The van der Waals surface area contributed by atoms with Gasteiger partial charge < -0.3 is 5.73 Å². The zero-order valence-corrected chi connectivity index (χ0v) is 6.97. The Morgan fingerprint density at radius 3 is 2.40 bits per heavy atom. The number of nitrogens with two attached hydrogens (primary N) is 1. The van der Waals surface area contributed by atoms with E-state index in [1.165, 1.54) is 32.1 Å². The highest BCUT2D eigenvalue weighted by atomic mass is 14.5. The Balaban J connectivity index is 2.77. The average molecular weight is 141 g/mol. The molecule has 0 aromatic carbocycles. The molecule has 0 aromatic rings. The van der Waals surface area contributed by atoms with Gasteiger partial charge in [0.05, 0.1) is 0 Å². The lowest BCUT2D eigenvalue weighted by Gasteiger charge is -1.95. The van der Waals surface area contributed by atoms with Crippen molar-refractivity contribution in [3.63, 3.8) is 0 Å². The minimum absolute atomic E-state index is 0.851. The van der Waals surface area contributed by atoms with E-state index < -0.39 is 0 Å². The molecule has 2 N–H and O–H groups in total. The Bertz CT molecular complexity index is 76.8. The summed E-state index contributed by atoms with van der Waals surface area (Å²) in [6.45, 7) is 2.92. The summed E-state index contributed by atoms with van der Waals surface area (Å²) in [5.74, 6) is 0. The predicted octanol–water partition coefficient (Wildman–Crippen LogP) is 2.47. The maximum Gasteiger partial charge on any atom is -0.00773 e. The topological polar surface area (TPSA) is 26.0 Å². The van der Waals surface area contributed by atoms with E-state index in [9.17, 15) is 0 Å². The van der Waals surface area contributed by atoms with Crippen LogP contribution in [0.4, 0.5) is 0 Å². The summed E-state index contributed by atoms with van der Waals surface area (Å²) in [6, 6.07) is 0. The van der Waals surface area contributed by atoms with Crippen LogP contribution in [0.3, 0.4) is 0 Å². The third kappa shape index (κ3) is 7.70. The van der Waals surface area contributed by atoms with Gasteiger partial charge >= 0.3 is 0 Å². The van der Waals surface area contributed by atoms with Crippen molar-refractivity contribution < 1.29 is 0 Å². The summed E-state index contributed by atoms with van der Waals surface area (Å²) < 4.78 is 0. The molecule has 0 aromatic heterocycles. The van der Waals surface area contributed by atoms with Crippen LogP contribution in [0.1, 0.15) is 39.0 Å². The fraction of sp³-hybridized carbons (Fsp3) is 0.778. The van der Waals surface area contributed by atoms with Gasteiger partial charge in [-0.25, -0.2) is 0 Å². The van der Waals surface area contributed by atoms with E-state index in [0.29, 0.717) is 0 Å². The molecule has 0 aliphatic carbocycles.